The van der Waals surface area contributed by atoms with Crippen LogP contribution in [0.3, 0.4) is 0 Å². The lowest BCUT2D eigenvalue weighted by Crippen LogP contribution is -2.21. The monoisotopic (exact) mass is 496 g/mol. The molecule has 9 heteroatoms. The molecule has 0 spiro atoms. The van der Waals surface area contributed by atoms with E-state index in [0.717, 1.165) is 15.6 Å². The first kappa shape index (κ1) is 22.5. The van der Waals surface area contributed by atoms with Crippen LogP contribution < -0.4 is 24.2 Å². The summed E-state index contributed by atoms with van der Waals surface area (Å²) in [5.74, 6) is 2.01. The van der Waals surface area contributed by atoms with Gasteiger partial charge in [0.25, 0.3) is 10.0 Å². The summed E-state index contributed by atoms with van der Waals surface area (Å²) in [6, 6.07) is 22.3. The van der Waals surface area contributed by atoms with E-state index in [4.69, 9.17) is 14.2 Å². The smallest absolute Gasteiger partial charge is 0.271 e. The fourth-order valence-electron chi connectivity index (χ4n) is 3.67. The van der Waals surface area contributed by atoms with Gasteiger partial charge in [0, 0.05) is 23.5 Å². The number of rotatable bonds is 9. The molecule has 0 atom stereocenters. The third-order valence-electron chi connectivity index (χ3n) is 5.24. The number of hydrogen-bond acceptors (Lipinski definition) is 7. The number of nitrogens with one attached hydrogen (secondary N) is 2. The average Bonchev–Trinajstić information content (AvgIpc) is 3.30. The van der Waals surface area contributed by atoms with Crippen molar-refractivity contribution < 1.29 is 22.6 Å². The number of hydrogen-bond donors (Lipinski definition) is 2. The van der Waals surface area contributed by atoms with Crippen LogP contribution in [0.15, 0.2) is 77.0 Å². The van der Waals surface area contributed by atoms with Crippen molar-refractivity contribution in [3.63, 3.8) is 0 Å². The largest absolute Gasteiger partial charge is 0.488 e. The van der Waals surface area contributed by atoms with Gasteiger partial charge in [0.15, 0.2) is 11.5 Å². The first-order valence-electron chi connectivity index (χ1n) is 10.9. The van der Waals surface area contributed by atoms with Crippen LogP contribution in [0, 0.1) is 0 Å². The molecule has 0 amide bonds. The highest BCUT2D eigenvalue weighted by atomic mass is 32.2. The molecule has 0 unspecified atom stereocenters. The number of benzene rings is 3. The molecule has 0 radical (unpaired) electrons. The van der Waals surface area contributed by atoms with E-state index in [1.807, 2.05) is 60.7 Å². The molecular weight excluding hydrogens is 472 g/mol. The summed E-state index contributed by atoms with van der Waals surface area (Å²) in [5, 5.41) is 4.24. The van der Waals surface area contributed by atoms with Crippen LogP contribution in [0.1, 0.15) is 5.56 Å². The summed E-state index contributed by atoms with van der Waals surface area (Å²) in [6.45, 7) is 2.70. The first-order chi connectivity index (χ1) is 16.6. The van der Waals surface area contributed by atoms with Crippen molar-refractivity contribution in [1.82, 2.24) is 5.32 Å². The number of fused-ring (bicyclic) bond motifs is 2. The second kappa shape index (κ2) is 9.92. The van der Waals surface area contributed by atoms with E-state index in [1.54, 1.807) is 12.1 Å². The lowest BCUT2D eigenvalue weighted by molar-refractivity contribution is 0.162. The number of ether oxygens (including phenoxy) is 3. The molecule has 0 fully saturated rings. The molecule has 0 saturated heterocycles. The van der Waals surface area contributed by atoms with Crippen LogP contribution in [0.2, 0.25) is 0 Å². The predicted molar refractivity (Wildman–Crippen MR) is 134 cm³/mol. The molecule has 1 aliphatic heterocycles. The number of sulfonamides is 1. The summed E-state index contributed by atoms with van der Waals surface area (Å²) in [6.07, 6.45) is 0. The van der Waals surface area contributed by atoms with Gasteiger partial charge < -0.3 is 19.5 Å². The lowest BCUT2D eigenvalue weighted by Gasteiger charge is -2.20. The Kier molecular flexibility index (Phi) is 6.57. The number of thiophene rings is 1. The zero-order valence-electron chi connectivity index (χ0n) is 18.3. The van der Waals surface area contributed by atoms with Crippen molar-refractivity contribution in [2.45, 2.75) is 10.8 Å². The molecule has 1 aromatic heterocycles. The van der Waals surface area contributed by atoms with Gasteiger partial charge in [-0.1, -0.05) is 36.4 Å². The van der Waals surface area contributed by atoms with Crippen LogP contribution in [0.5, 0.6) is 17.2 Å². The summed E-state index contributed by atoms with van der Waals surface area (Å²) in [4.78, 5) is 0. The number of anilines is 1. The molecule has 1 aliphatic rings. The van der Waals surface area contributed by atoms with Crippen molar-refractivity contribution in [2.24, 2.45) is 0 Å². The molecular formula is C25H24N2O5S2. The van der Waals surface area contributed by atoms with E-state index in [1.165, 1.54) is 11.3 Å². The summed E-state index contributed by atoms with van der Waals surface area (Å²) < 4.78 is 46.7. The molecule has 176 valence electrons. The van der Waals surface area contributed by atoms with E-state index in [0.29, 0.717) is 60.1 Å². The number of para-hydroxylation sites is 1. The minimum Gasteiger partial charge on any atom is -0.488 e. The van der Waals surface area contributed by atoms with Gasteiger partial charge in [-0.2, -0.15) is 0 Å². The van der Waals surface area contributed by atoms with Crippen LogP contribution >= 0.6 is 11.3 Å². The maximum atomic E-state index is 12.9. The molecule has 2 N–H and O–H groups in total. The van der Waals surface area contributed by atoms with Crippen molar-refractivity contribution in [3.8, 4) is 17.2 Å². The highest BCUT2D eigenvalue weighted by Gasteiger charge is 2.18. The fraction of sp³-hybridized carbons (Fsp3) is 0.200. The normalized spacial score (nSPS) is 13.1. The SMILES string of the molecule is O=S(=O)(Nc1cccc(CNCCOc2cccc3c2OCCO3)c1)c1cc2ccccc2s1. The summed E-state index contributed by atoms with van der Waals surface area (Å²) in [7, 11) is -3.65. The quantitative estimate of drug-likeness (QED) is 0.328. The van der Waals surface area contributed by atoms with Crippen LogP contribution in [0.25, 0.3) is 10.1 Å². The maximum absolute atomic E-state index is 12.9. The van der Waals surface area contributed by atoms with E-state index < -0.39 is 10.0 Å². The predicted octanol–water partition coefficient (Wildman–Crippen LogP) is 4.64. The molecule has 2 heterocycles. The average molecular weight is 497 g/mol. The Morgan fingerprint density at radius 3 is 2.71 bits per heavy atom. The van der Waals surface area contributed by atoms with E-state index in [9.17, 15) is 8.42 Å². The minimum absolute atomic E-state index is 0.298. The van der Waals surface area contributed by atoms with E-state index in [-0.39, 0.29) is 0 Å². The van der Waals surface area contributed by atoms with Gasteiger partial charge in [0.2, 0.25) is 5.75 Å². The molecule has 7 nitrogen and oxygen atoms in total. The fourth-order valence-corrected chi connectivity index (χ4v) is 6.11. The van der Waals surface area contributed by atoms with Crippen molar-refractivity contribution in [2.75, 3.05) is 31.1 Å². The van der Waals surface area contributed by atoms with Gasteiger partial charge in [-0.05, 0) is 47.3 Å². The summed E-state index contributed by atoms with van der Waals surface area (Å²) in [5.41, 5.74) is 1.49. The standard InChI is InChI=1S/C25H24N2O5S2/c28-34(29,24-16-19-6-1-2-10-23(19)33-24)27-20-7-3-5-18(15-20)17-26-11-12-30-21-8-4-9-22-25(21)32-14-13-31-22/h1-10,15-16,26-27H,11-14,17H2. The summed E-state index contributed by atoms with van der Waals surface area (Å²) >= 11 is 1.26. The third-order valence-corrected chi connectivity index (χ3v) is 8.21. The topological polar surface area (TPSA) is 85.9 Å². The minimum atomic E-state index is -3.65. The van der Waals surface area contributed by atoms with Gasteiger partial charge in [-0.25, -0.2) is 8.42 Å². The van der Waals surface area contributed by atoms with Gasteiger partial charge in [-0.3, -0.25) is 4.72 Å². The maximum Gasteiger partial charge on any atom is 0.271 e. The third kappa shape index (κ3) is 5.11. The zero-order chi connectivity index (χ0) is 23.4. The Balaban J connectivity index is 1.15. The van der Waals surface area contributed by atoms with Gasteiger partial charge in [0.05, 0.1) is 0 Å². The van der Waals surface area contributed by atoms with Crippen molar-refractivity contribution in [1.29, 1.82) is 0 Å². The highest BCUT2D eigenvalue weighted by molar-refractivity contribution is 7.94. The van der Waals surface area contributed by atoms with Gasteiger partial charge in [0.1, 0.15) is 24.0 Å². The Labute approximate surface area is 202 Å². The first-order valence-corrected chi connectivity index (χ1v) is 13.2. The van der Waals surface area contributed by atoms with Crippen molar-refractivity contribution >= 4 is 37.1 Å². The Hall–Kier alpha value is -3.27. The van der Waals surface area contributed by atoms with Gasteiger partial charge in [-0.15, -0.1) is 11.3 Å². The molecule has 0 aliphatic carbocycles. The lowest BCUT2D eigenvalue weighted by atomic mass is 10.2. The Morgan fingerprint density at radius 1 is 0.941 bits per heavy atom. The van der Waals surface area contributed by atoms with Crippen LogP contribution in [0.4, 0.5) is 5.69 Å². The van der Waals surface area contributed by atoms with E-state index in [2.05, 4.69) is 10.0 Å². The van der Waals surface area contributed by atoms with Crippen LogP contribution in [-0.2, 0) is 16.6 Å². The van der Waals surface area contributed by atoms with E-state index >= 15 is 0 Å². The Morgan fingerprint density at radius 2 is 1.79 bits per heavy atom. The van der Waals surface area contributed by atoms with Gasteiger partial charge >= 0.3 is 0 Å². The molecule has 0 saturated carbocycles. The van der Waals surface area contributed by atoms with Crippen LogP contribution in [-0.4, -0.2) is 34.8 Å². The molecule has 34 heavy (non-hydrogen) atoms. The molecule has 5 rings (SSSR count). The molecule has 3 aromatic carbocycles. The zero-order valence-corrected chi connectivity index (χ0v) is 20.0. The second-order valence-electron chi connectivity index (χ2n) is 7.71. The second-order valence-corrected chi connectivity index (χ2v) is 10.7. The molecule has 4 aromatic rings. The highest BCUT2D eigenvalue weighted by Crippen LogP contribution is 2.38. The molecule has 0 bridgehead atoms. The van der Waals surface area contributed by atoms with Crippen molar-refractivity contribution in [3.05, 3.63) is 78.4 Å². The Bertz CT molecular complexity index is 1370.